The van der Waals surface area contributed by atoms with Crippen LogP contribution in [0.15, 0.2) is 97.2 Å². The number of ether oxygens (including phenoxy) is 3. The zero-order chi connectivity index (χ0) is 38.7. The van der Waals surface area contributed by atoms with Gasteiger partial charge >= 0.3 is 0 Å². The number of allylic oxidation sites excluding steroid dienone is 16. The maximum atomic E-state index is 6.70. The summed E-state index contributed by atoms with van der Waals surface area (Å²) in [4.78, 5) is 0. The molecule has 0 bridgehead atoms. The highest BCUT2D eigenvalue weighted by molar-refractivity contribution is 5.00. The lowest BCUT2D eigenvalue weighted by Gasteiger charge is -2.26. The van der Waals surface area contributed by atoms with Crippen molar-refractivity contribution in [3.63, 3.8) is 0 Å². The number of hydrogen-bond donors (Lipinski definition) is 0. The zero-order valence-corrected chi connectivity index (χ0v) is 35.7. The molecule has 0 N–H and O–H groups in total. The van der Waals surface area contributed by atoms with Gasteiger partial charge in [-0.15, -0.1) is 0 Å². The molecule has 304 valence electrons. The highest BCUT2D eigenvalue weighted by Gasteiger charge is 2.18. The zero-order valence-electron chi connectivity index (χ0n) is 35.7. The SMILES string of the molecule is CCCCCC=CCC=CCC=CCC=CCCCCC(COC(C)C)OC(CCCCC=CCC=CCC=CCC=CCCCCC)COC(C)C. The number of unbranched alkanes of at least 4 members (excludes halogenated alkanes) is 10. The van der Waals surface area contributed by atoms with Crippen LogP contribution in [0.2, 0.25) is 0 Å². The monoisotopic (exact) mass is 735 g/mol. The van der Waals surface area contributed by atoms with Crippen LogP contribution in [0.3, 0.4) is 0 Å². The van der Waals surface area contributed by atoms with Crippen molar-refractivity contribution < 1.29 is 14.2 Å². The predicted octanol–water partition coefficient (Wildman–Crippen LogP) is 15.7. The van der Waals surface area contributed by atoms with Crippen molar-refractivity contribution in [3.8, 4) is 0 Å². The topological polar surface area (TPSA) is 27.7 Å². The quantitative estimate of drug-likeness (QED) is 0.0467. The molecule has 3 heteroatoms. The van der Waals surface area contributed by atoms with E-state index in [0.717, 1.165) is 77.0 Å². The molecule has 0 aromatic rings. The third-order valence-corrected chi connectivity index (χ3v) is 8.82. The maximum absolute atomic E-state index is 6.70. The van der Waals surface area contributed by atoms with E-state index in [4.69, 9.17) is 14.2 Å². The van der Waals surface area contributed by atoms with Crippen LogP contribution in [0, 0.1) is 0 Å². The van der Waals surface area contributed by atoms with Crippen molar-refractivity contribution in [2.24, 2.45) is 0 Å². The molecule has 0 amide bonds. The largest absolute Gasteiger partial charge is 0.376 e. The minimum absolute atomic E-state index is 0.114. The lowest BCUT2D eigenvalue weighted by Crippen LogP contribution is -2.31. The van der Waals surface area contributed by atoms with Crippen LogP contribution < -0.4 is 0 Å². The summed E-state index contributed by atoms with van der Waals surface area (Å²) in [6.07, 6.45) is 62.8. The smallest absolute Gasteiger partial charge is 0.0813 e. The van der Waals surface area contributed by atoms with Gasteiger partial charge in [-0.2, -0.15) is 0 Å². The van der Waals surface area contributed by atoms with Crippen LogP contribution in [-0.2, 0) is 14.2 Å². The Morgan fingerprint density at radius 1 is 0.340 bits per heavy atom. The summed E-state index contributed by atoms with van der Waals surface area (Å²) in [5.74, 6) is 0. The Balaban J connectivity index is 4.38. The van der Waals surface area contributed by atoms with Crippen molar-refractivity contribution in [2.75, 3.05) is 13.2 Å². The first kappa shape index (κ1) is 50.8. The molecule has 0 saturated carbocycles. The minimum atomic E-state index is 0.114. The highest BCUT2D eigenvalue weighted by Crippen LogP contribution is 2.17. The molecule has 0 rings (SSSR count). The van der Waals surface area contributed by atoms with E-state index in [1.807, 2.05) is 0 Å². The Morgan fingerprint density at radius 2 is 0.604 bits per heavy atom. The lowest BCUT2D eigenvalue weighted by atomic mass is 10.1. The Hall–Kier alpha value is -2.20. The average molecular weight is 735 g/mol. The third kappa shape index (κ3) is 42.4. The summed E-state index contributed by atoms with van der Waals surface area (Å²) >= 11 is 0. The van der Waals surface area contributed by atoms with Gasteiger partial charge < -0.3 is 14.2 Å². The van der Waals surface area contributed by atoms with Crippen LogP contribution in [0.5, 0.6) is 0 Å². The maximum Gasteiger partial charge on any atom is 0.0813 e. The Kier molecular flexibility index (Phi) is 40.8. The van der Waals surface area contributed by atoms with Crippen LogP contribution in [0.25, 0.3) is 0 Å². The second-order valence-corrected chi connectivity index (χ2v) is 14.9. The number of hydrogen-bond acceptors (Lipinski definition) is 3. The Morgan fingerprint density at radius 3 is 0.868 bits per heavy atom. The Bertz CT molecular complexity index is 899. The summed E-state index contributed by atoms with van der Waals surface area (Å²) in [5, 5.41) is 0. The number of rotatable bonds is 38. The molecular weight excluding hydrogens is 649 g/mol. The molecule has 53 heavy (non-hydrogen) atoms. The molecule has 0 aliphatic heterocycles. The van der Waals surface area contributed by atoms with Gasteiger partial charge in [0, 0.05) is 0 Å². The fourth-order valence-electron chi connectivity index (χ4n) is 5.64. The van der Waals surface area contributed by atoms with E-state index in [0.29, 0.717) is 13.2 Å². The normalized spacial score (nSPS) is 14.3. The van der Waals surface area contributed by atoms with E-state index < -0.39 is 0 Å². The van der Waals surface area contributed by atoms with Crippen LogP contribution in [0.1, 0.15) is 183 Å². The van der Waals surface area contributed by atoms with Crippen LogP contribution in [0.4, 0.5) is 0 Å². The summed E-state index contributed by atoms with van der Waals surface area (Å²) in [5.41, 5.74) is 0. The molecule has 0 heterocycles. The van der Waals surface area contributed by atoms with E-state index >= 15 is 0 Å². The molecule has 0 fully saturated rings. The molecule has 0 saturated heterocycles. The van der Waals surface area contributed by atoms with E-state index in [-0.39, 0.29) is 24.4 Å². The summed E-state index contributed by atoms with van der Waals surface area (Å²) < 4.78 is 18.8. The molecule has 0 aromatic heterocycles. The van der Waals surface area contributed by atoms with Crippen molar-refractivity contribution >= 4 is 0 Å². The summed E-state index contributed by atoms with van der Waals surface area (Å²) in [6, 6.07) is 0. The predicted molar refractivity (Wildman–Crippen MR) is 237 cm³/mol. The van der Waals surface area contributed by atoms with Crippen LogP contribution >= 0.6 is 0 Å². The van der Waals surface area contributed by atoms with Gasteiger partial charge in [-0.05, 0) is 130 Å². The minimum Gasteiger partial charge on any atom is -0.376 e. The van der Waals surface area contributed by atoms with Gasteiger partial charge in [-0.1, -0.05) is 150 Å². The van der Waals surface area contributed by atoms with Gasteiger partial charge in [0.2, 0.25) is 0 Å². The summed E-state index contributed by atoms with van der Waals surface area (Å²) in [6.45, 7) is 14.3. The molecule has 2 unspecified atom stereocenters. The first-order valence-corrected chi connectivity index (χ1v) is 22.1. The van der Waals surface area contributed by atoms with Gasteiger partial charge in [0.05, 0.1) is 37.6 Å². The van der Waals surface area contributed by atoms with Gasteiger partial charge in [0.15, 0.2) is 0 Å². The third-order valence-electron chi connectivity index (χ3n) is 8.82. The first-order valence-electron chi connectivity index (χ1n) is 22.1. The van der Waals surface area contributed by atoms with E-state index in [1.165, 1.54) is 64.2 Å². The second kappa shape index (κ2) is 42.5. The van der Waals surface area contributed by atoms with Crippen molar-refractivity contribution in [3.05, 3.63) is 97.2 Å². The standard InChI is InChI=1S/C50H86O3/c1-7-9-11-13-15-17-19-21-23-25-27-29-31-33-35-37-39-41-43-49(45-51-47(3)4)53-50(46-52-48(5)6)44-42-40-38-36-34-32-30-28-26-24-22-20-18-16-14-12-10-8-2/h15-18,21-24,27-30,33-36,47-50H,7-14,19-20,25-26,31-32,37-46H2,1-6H3. The van der Waals surface area contributed by atoms with Crippen molar-refractivity contribution in [1.29, 1.82) is 0 Å². The fraction of sp³-hybridized carbons (Fsp3) is 0.680. The Labute approximate surface area is 330 Å². The summed E-state index contributed by atoms with van der Waals surface area (Å²) in [7, 11) is 0. The molecule has 0 aliphatic carbocycles. The van der Waals surface area contributed by atoms with Crippen LogP contribution in [-0.4, -0.2) is 37.6 Å². The van der Waals surface area contributed by atoms with Crippen molar-refractivity contribution in [2.45, 2.75) is 207 Å². The van der Waals surface area contributed by atoms with Gasteiger partial charge in [-0.3, -0.25) is 0 Å². The lowest BCUT2D eigenvalue weighted by molar-refractivity contribution is -0.105. The molecule has 0 spiro atoms. The fourth-order valence-corrected chi connectivity index (χ4v) is 5.64. The highest BCUT2D eigenvalue weighted by atomic mass is 16.6. The van der Waals surface area contributed by atoms with Gasteiger partial charge in [0.1, 0.15) is 0 Å². The molecule has 0 aliphatic rings. The average Bonchev–Trinajstić information content (AvgIpc) is 3.14. The van der Waals surface area contributed by atoms with E-state index in [9.17, 15) is 0 Å². The van der Waals surface area contributed by atoms with E-state index in [1.54, 1.807) is 0 Å². The van der Waals surface area contributed by atoms with Gasteiger partial charge in [0.25, 0.3) is 0 Å². The molecule has 2 atom stereocenters. The first-order chi connectivity index (χ1) is 26.0. The molecule has 0 radical (unpaired) electrons. The molecular formula is C50H86O3. The molecule has 3 nitrogen and oxygen atoms in total. The van der Waals surface area contributed by atoms with E-state index in [2.05, 4.69) is 139 Å². The van der Waals surface area contributed by atoms with Gasteiger partial charge in [-0.25, -0.2) is 0 Å². The van der Waals surface area contributed by atoms with Crippen molar-refractivity contribution in [1.82, 2.24) is 0 Å². The molecule has 0 aromatic carbocycles. The second-order valence-electron chi connectivity index (χ2n) is 14.9.